The molecule has 0 aromatic rings. The predicted octanol–water partition coefficient (Wildman–Crippen LogP) is 8.23. The minimum atomic E-state index is -0.0521. The molecule has 2 nitrogen and oxygen atoms in total. The normalized spacial score (nSPS) is 41.2. The van der Waals surface area contributed by atoms with Crippen LogP contribution in [-0.4, -0.2) is 48.3 Å². The zero-order valence-electron chi connectivity index (χ0n) is 26.2. The van der Waals surface area contributed by atoms with Gasteiger partial charge in [-0.15, -0.1) is 9.24 Å². The van der Waals surface area contributed by atoms with Crippen molar-refractivity contribution < 1.29 is 0 Å². The van der Waals surface area contributed by atoms with Crippen LogP contribution in [0.1, 0.15) is 99.3 Å². The van der Waals surface area contributed by atoms with Crippen molar-refractivity contribution in [3.63, 3.8) is 0 Å². The summed E-state index contributed by atoms with van der Waals surface area (Å²) in [5.41, 5.74) is 4.68. The Bertz CT molecular complexity index is 895. The van der Waals surface area contributed by atoms with Gasteiger partial charge in [-0.25, -0.2) is 0 Å². The highest BCUT2D eigenvalue weighted by Gasteiger charge is 2.54. The van der Waals surface area contributed by atoms with Crippen LogP contribution >= 0.6 is 17.2 Å². The molecule has 2 N–H and O–H groups in total. The second-order valence-electron chi connectivity index (χ2n) is 16.8. The van der Waals surface area contributed by atoms with E-state index in [4.69, 9.17) is 0 Å². The summed E-state index contributed by atoms with van der Waals surface area (Å²) in [6.07, 6.45) is 20.3. The highest BCUT2D eigenvalue weighted by Crippen LogP contribution is 2.69. The van der Waals surface area contributed by atoms with Gasteiger partial charge in [0, 0.05) is 11.1 Å². The van der Waals surface area contributed by atoms with E-state index in [1.165, 1.54) is 58.0 Å². The molecule has 5 atom stereocenters. The molecule has 2 saturated heterocycles. The Morgan fingerprint density at radius 2 is 1.36 bits per heavy atom. The summed E-state index contributed by atoms with van der Waals surface area (Å²) in [6, 6.07) is 0. The van der Waals surface area contributed by atoms with Crippen molar-refractivity contribution in [3.05, 3.63) is 23.3 Å². The lowest BCUT2D eigenvalue weighted by molar-refractivity contribution is 0.0242. The van der Waals surface area contributed by atoms with E-state index in [1.807, 2.05) is 5.57 Å². The summed E-state index contributed by atoms with van der Waals surface area (Å²) in [5.74, 6) is 6.31. The van der Waals surface area contributed by atoms with Crippen LogP contribution in [0.3, 0.4) is 0 Å². The van der Waals surface area contributed by atoms with E-state index in [-0.39, 0.29) is 18.5 Å². The Morgan fingerprint density at radius 3 is 1.79 bits per heavy atom. The largest absolute Gasteiger partial charge is 0.316 e. The first-order chi connectivity index (χ1) is 18.4. The van der Waals surface area contributed by atoms with E-state index >= 15 is 0 Å². The van der Waals surface area contributed by atoms with Gasteiger partial charge in [0.2, 0.25) is 0 Å². The summed E-state index contributed by atoms with van der Waals surface area (Å²) < 4.78 is 0. The topological polar surface area (TPSA) is 24.1 Å². The van der Waals surface area contributed by atoms with Gasteiger partial charge in [0.15, 0.2) is 0 Å². The predicted molar refractivity (Wildman–Crippen MR) is 175 cm³/mol. The van der Waals surface area contributed by atoms with Crippen molar-refractivity contribution in [2.24, 2.45) is 46.8 Å². The molecule has 220 valence electrons. The van der Waals surface area contributed by atoms with Crippen molar-refractivity contribution in [2.75, 3.05) is 32.3 Å². The molecule has 4 heteroatoms. The Morgan fingerprint density at radius 1 is 0.821 bits per heavy atom. The van der Waals surface area contributed by atoms with Gasteiger partial charge in [0.05, 0.1) is 0 Å². The second kappa shape index (κ2) is 11.1. The lowest BCUT2D eigenvalue weighted by Crippen LogP contribution is -2.53. The molecule has 4 saturated carbocycles. The molecule has 2 aliphatic heterocycles. The average Bonchev–Trinajstić information content (AvgIpc) is 3.33. The third-order valence-electron chi connectivity index (χ3n) is 12.2. The molecule has 5 unspecified atom stereocenters. The van der Waals surface area contributed by atoms with Crippen molar-refractivity contribution in [1.82, 2.24) is 10.6 Å². The number of piperidine rings is 2. The molecule has 7 aliphatic rings. The molecular weight excluding hydrogens is 510 g/mol. The molecule has 4 bridgehead atoms. The van der Waals surface area contributed by atoms with Gasteiger partial charge in [-0.05, 0) is 147 Å². The van der Waals surface area contributed by atoms with Crippen LogP contribution in [0.15, 0.2) is 23.3 Å². The third-order valence-corrected chi connectivity index (χ3v) is 17.5. The number of hydrogen-bond donors (Lipinski definition) is 2. The summed E-state index contributed by atoms with van der Waals surface area (Å²) in [4.78, 5) is 0. The zero-order valence-corrected chi connectivity index (χ0v) is 28.2. The first-order valence-corrected chi connectivity index (χ1v) is 19.0. The maximum Gasteiger partial charge on any atom is 0.0146 e. The molecule has 0 amide bonds. The number of hydrogen-bond acceptors (Lipinski definition) is 2. The molecular formula is C35H60N2P2. The fourth-order valence-corrected chi connectivity index (χ4v) is 15.3. The lowest BCUT2D eigenvalue weighted by Gasteiger charge is -2.59. The summed E-state index contributed by atoms with van der Waals surface area (Å²) in [5, 5.41) is 8.31. The van der Waals surface area contributed by atoms with Crippen LogP contribution in [0.25, 0.3) is 0 Å². The van der Waals surface area contributed by atoms with Gasteiger partial charge >= 0.3 is 0 Å². The summed E-state index contributed by atoms with van der Waals surface area (Å²) in [7, 11) is 3.56. The molecule has 0 spiro atoms. The number of nitrogens with one attached hydrogen (secondary N) is 2. The van der Waals surface area contributed by atoms with Gasteiger partial charge in [-0.1, -0.05) is 67.2 Å². The van der Waals surface area contributed by atoms with Crippen LogP contribution in [0.5, 0.6) is 0 Å². The van der Waals surface area contributed by atoms with Crippen LogP contribution in [-0.2, 0) is 0 Å². The molecule has 0 aromatic carbocycles. The highest BCUT2D eigenvalue weighted by atomic mass is 31.1. The lowest BCUT2D eigenvalue weighted by atomic mass is 9.56. The minimum absolute atomic E-state index is 0.0521. The van der Waals surface area contributed by atoms with Crippen LogP contribution in [0.4, 0.5) is 0 Å². The first-order valence-electron chi connectivity index (χ1n) is 16.9. The number of allylic oxidation sites excluding steroid dienone is 4. The molecule has 5 aliphatic carbocycles. The standard InChI is InChI=1S/C35H60N2P2/c1-33(2,3)30-18-27(22-39(34(4,5)6)32-25-14-23-13-24(16-25)17-26(32)15-23)31(19-30)35(38,28-9-7-11-36-20-28)29-10-8-12-37-21-29/h18-19,23-29,32,36-37H,7-17,20-22,38H2,1-6H3. The van der Waals surface area contributed by atoms with Gasteiger partial charge in [0.25, 0.3) is 0 Å². The Hall–Kier alpha value is 0.260. The SMILES string of the molecule is CC(C)(C)C1=CC(CP(C2C3CC4CC(C3)CC2C4)C(C)(C)C)C(C(P)(C2CCCNC2)C2CCCNC2)=C1. The van der Waals surface area contributed by atoms with E-state index < -0.39 is 0 Å². The number of rotatable bonds is 6. The molecule has 2 heterocycles. The van der Waals surface area contributed by atoms with E-state index in [0.717, 1.165) is 41.2 Å². The quantitative estimate of drug-likeness (QED) is 0.314. The highest BCUT2D eigenvalue weighted by molar-refractivity contribution is 7.60. The molecule has 39 heavy (non-hydrogen) atoms. The average molecular weight is 571 g/mol. The summed E-state index contributed by atoms with van der Waals surface area (Å²) in [6.45, 7) is 20.0. The Balaban J connectivity index is 1.37. The molecule has 6 fully saturated rings. The van der Waals surface area contributed by atoms with E-state index in [9.17, 15) is 0 Å². The maximum atomic E-state index is 3.84. The van der Waals surface area contributed by atoms with E-state index in [0.29, 0.717) is 11.1 Å². The maximum absolute atomic E-state index is 3.84. The van der Waals surface area contributed by atoms with Crippen LogP contribution < -0.4 is 10.6 Å². The molecule has 7 rings (SSSR count). The fraction of sp³-hybridized carbons (Fsp3) is 0.886. The van der Waals surface area contributed by atoms with E-state index in [2.05, 4.69) is 73.6 Å². The summed E-state index contributed by atoms with van der Waals surface area (Å²) >= 11 is 0. The molecule has 0 aromatic heterocycles. The monoisotopic (exact) mass is 570 g/mol. The smallest absolute Gasteiger partial charge is 0.0146 e. The van der Waals surface area contributed by atoms with Crippen molar-refractivity contribution in [3.8, 4) is 0 Å². The van der Waals surface area contributed by atoms with Crippen LogP contribution in [0.2, 0.25) is 0 Å². The Labute approximate surface area is 245 Å². The molecule has 0 radical (unpaired) electrons. The van der Waals surface area contributed by atoms with Crippen molar-refractivity contribution in [2.45, 2.75) is 115 Å². The van der Waals surface area contributed by atoms with E-state index in [1.54, 1.807) is 37.7 Å². The van der Waals surface area contributed by atoms with Crippen molar-refractivity contribution >= 4 is 17.2 Å². The minimum Gasteiger partial charge on any atom is -0.316 e. The fourth-order valence-electron chi connectivity index (χ4n) is 10.5. The Kier molecular flexibility index (Phi) is 8.33. The van der Waals surface area contributed by atoms with Gasteiger partial charge in [-0.3, -0.25) is 0 Å². The third kappa shape index (κ3) is 5.66. The van der Waals surface area contributed by atoms with Crippen LogP contribution in [0, 0.1) is 46.8 Å². The second-order valence-corrected chi connectivity index (χ2v) is 21.0. The van der Waals surface area contributed by atoms with Gasteiger partial charge in [-0.2, -0.15) is 0 Å². The van der Waals surface area contributed by atoms with Gasteiger partial charge in [0.1, 0.15) is 0 Å². The van der Waals surface area contributed by atoms with Gasteiger partial charge < -0.3 is 10.6 Å². The first kappa shape index (κ1) is 29.3. The zero-order chi connectivity index (χ0) is 27.6. The van der Waals surface area contributed by atoms with Crippen molar-refractivity contribution in [1.29, 1.82) is 0 Å².